The van der Waals surface area contributed by atoms with Gasteiger partial charge in [-0.25, -0.2) is 4.98 Å². The Hall–Kier alpha value is -3.31. The van der Waals surface area contributed by atoms with Crippen LogP contribution in [0.3, 0.4) is 0 Å². The highest BCUT2D eigenvalue weighted by Gasteiger charge is 2.16. The molecule has 1 amide bonds. The van der Waals surface area contributed by atoms with Crippen LogP contribution >= 0.6 is 11.6 Å². The lowest BCUT2D eigenvalue weighted by atomic mass is 10.1. The molecule has 2 N–H and O–H groups in total. The van der Waals surface area contributed by atoms with E-state index in [1.54, 1.807) is 12.1 Å². The molecule has 0 fully saturated rings. The van der Waals surface area contributed by atoms with E-state index in [-0.39, 0.29) is 18.1 Å². The maximum absolute atomic E-state index is 12.6. The monoisotopic (exact) mass is 405 g/mol. The van der Waals surface area contributed by atoms with Crippen LogP contribution in [-0.4, -0.2) is 26.9 Å². The average molecular weight is 406 g/mol. The fourth-order valence-corrected chi connectivity index (χ4v) is 3.40. The molecule has 0 aliphatic rings. The fourth-order valence-electron chi connectivity index (χ4n) is 3.28. The zero-order valence-electron chi connectivity index (χ0n) is 15.7. The highest BCUT2D eigenvalue weighted by Crippen LogP contribution is 2.26. The van der Waals surface area contributed by atoms with Gasteiger partial charge in [0.05, 0.1) is 17.8 Å². The number of imidazole rings is 1. The third kappa shape index (κ3) is 4.41. The summed E-state index contributed by atoms with van der Waals surface area (Å²) >= 11 is 6.01. The summed E-state index contributed by atoms with van der Waals surface area (Å²) in [5.74, 6) is 0.171. The SMILES string of the molecule is O=C(Cc1c(-c2ccc(Cl)cc2)nc2ccccn12)NCCc1ccc(O)cc1. The minimum atomic E-state index is -0.0651. The Morgan fingerprint density at radius 2 is 1.79 bits per heavy atom. The van der Waals surface area contributed by atoms with Gasteiger partial charge in [0.1, 0.15) is 11.4 Å². The first-order chi connectivity index (χ1) is 14.1. The molecule has 29 heavy (non-hydrogen) atoms. The molecule has 0 aliphatic heterocycles. The summed E-state index contributed by atoms with van der Waals surface area (Å²) in [4.78, 5) is 17.3. The van der Waals surface area contributed by atoms with E-state index in [1.807, 2.05) is 65.2 Å². The lowest BCUT2D eigenvalue weighted by Crippen LogP contribution is -2.27. The quantitative estimate of drug-likeness (QED) is 0.503. The van der Waals surface area contributed by atoms with Crippen molar-refractivity contribution in [3.05, 3.63) is 89.2 Å². The molecule has 2 aromatic carbocycles. The van der Waals surface area contributed by atoms with Crippen LogP contribution < -0.4 is 5.32 Å². The van der Waals surface area contributed by atoms with Gasteiger partial charge in [0.25, 0.3) is 0 Å². The summed E-state index contributed by atoms with van der Waals surface area (Å²) in [6, 6.07) is 20.2. The molecule has 0 bridgehead atoms. The number of benzene rings is 2. The van der Waals surface area contributed by atoms with Crippen LogP contribution in [0, 0.1) is 0 Å². The van der Waals surface area contributed by atoms with Gasteiger partial charge >= 0.3 is 0 Å². The summed E-state index contributed by atoms with van der Waals surface area (Å²) < 4.78 is 1.95. The molecule has 4 rings (SSSR count). The molecule has 6 heteroatoms. The van der Waals surface area contributed by atoms with Gasteiger partial charge in [0.15, 0.2) is 0 Å². The van der Waals surface area contributed by atoms with Gasteiger partial charge in [-0.2, -0.15) is 0 Å². The van der Waals surface area contributed by atoms with Crippen LogP contribution in [0.15, 0.2) is 72.9 Å². The zero-order chi connectivity index (χ0) is 20.2. The van der Waals surface area contributed by atoms with E-state index in [0.29, 0.717) is 18.0 Å². The number of rotatable bonds is 6. The number of amides is 1. The van der Waals surface area contributed by atoms with Gasteiger partial charge in [0, 0.05) is 23.3 Å². The highest BCUT2D eigenvalue weighted by atomic mass is 35.5. The molecule has 0 radical (unpaired) electrons. The molecule has 0 saturated heterocycles. The third-order valence-corrected chi connectivity index (χ3v) is 5.00. The van der Waals surface area contributed by atoms with Gasteiger partial charge in [-0.15, -0.1) is 0 Å². The number of carbonyl (C=O) groups is 1. The van der Waals surface area contributed by atoms with E-state index >= 15 is 0 Å². The van der Waals surface area contributed by atoms with Gasteiger partial charge in [-0.3, -0.25) is 4.79 Å². The zero-order valence-corrected chi connectivity index (χ0v) is 16.4. The number of aromatic nitrogens is 2. The lowest BCUT2D eigenvalue weighted by Gasteiger charge is -2.08. The van der Waals surface area contributed by atoms with E-state index in [0.717, 1.165) is 28.2 Å². The summed E-state index contributed by atoms with van der Waals surface area (Å²) in [5.41, 5.74) is 4.39. The van der Waals surface area contributed by atoms with Crippen molar-refractivity contribution in [3.8, 4) is 17.0 Å². The molecule has 2 aromatic heterocycles. The van der Waals surface area contributed by atoms with Crippen LogP contribution in [0.1, 0.15) is 11.3 Å². The van der Waals surface area contributed by atoms with Gasteiger partial charge < -0.3 is 14.8 Å². The Bertz CT molecular complexity index is 1140. The smallest absolute Gasteiger partial charge is 0.226 e. The van der Waals surface area contributed by atoms with Crippen molar-refractivity contribution in [1.82, 2.24) is 14.7 Å². The number of fused-ring (bicyclic) bond motifs is 1. The molecule has 2 heterocycles. The van der Waals surface area contributed by atoms with Crippen LogP contribution in [0.5, 0.6) is 5.75 Å². The van der Waals surface area contributed by atoms with Crippen LogP contribution in [0.25, 0.3) is 16.9 Å². The normalized spacial score (nSPS) is 10.9. The van der Waals surface area contributed by atoms with E-state index < -0.39 is 0 Å². The highest BCUT2D eigenvalue weighted by molar-refractivity contribution is 6.30. The van der Waals surface area contributed by atoms with E-state index in [9.17, 15) is 9.90 Å². The predicted molar refractivity (Wildman–Crippen MR) is 114 cm³/mol. The van der Waals surface area contributed by atoms with E-state index in [2.05, 4.69) is 5.32 Å². The summed E-state index contributed by atoms with van der Waals surface area (Å²) in [6.45, 7) is 0.524. The molecule has 4 aromatic rings. The Balaban J connectivity index is 1.51. The number of phenolic OH excluding ortho intramolecular Hbond substituents is 1. The fraction of sp³-hybridized carbons (Fsp3) is 0.130. The van der Waals surface area contributed by atoms with Crippen LogP contribution in [-0.2, 0) is 17.6 Å². The van der Waals surface area contributed by atoms with Crippen molar-refractivity contribution >= 4 is 23.2 Å². The minimum absolute atomic E-state index is 0.0651. The summed E-state index contributed by atoms with van der Waals surface area (Å²) in [6.07, 6.45) is 2.84. The Morgan fingerprint density at radius 3 is 2.55 bits per heavy atom. The topological polar surface area (TPSA) is 66.6 Å². The van der Waals surface area contributed by atoms with Gasteiger partial charge in [-0.05, 0) is 48.4 Å². The number of carbonyl (C=O) groups excluding carboxylic acids is 1. The summed E-state index contributed by atoms with van der Waals surface area (Å²) in [7, 11) is 0. The molecule has 146 valence electrons. The second kappa shape index (κ2) is 8.37. The number of halogens is 1. The molecular weight excluding hydrogens is 386 g/mol. The van der Waals surface area contributed by atoms with Gasteiger partial charge in [0.2, 0.25) is 5.91 Å². The second-order valence-corrected chi connectivity index (χ2v) is 7.22. The number of nitrogens with one attached hydrogen (secondary N) is 1. The number of pyridine rings is 1. The van der Waals surface area contributed by atoms with Crippen molar-refractivity contribution in [2.75, 3.05) is 6.54 Å². The predicted octanol–water partition coefficient (Wildman–Crippen LogP) is 4.26. The maximum atomic E-state index is 12.6. The molecule has 0 spiro atoms. The number of hydrogen-bond acceptors (Lipinski definition) is 3. The summed E-state index contributed by atoms with van der Waals surface area (Å²) in [5, 5.41) is 13.0. The molecule has 5 nitrogen and oxygen atoms in total. The second-order valence-electron chi connectivity index (χ2n) is 6.79. The Kier molecular flexibility index (Phi) is 5.49. The third-order valence-electron chi connectivity index (χ3n) is 4.75. The molecule has 0 unspecified atom stereocenters. The van der Waals surface area contributed by atoms with Crippen LogP contribution in [0.2, 0.25) is 5.02 Å². The van der Waals surface area contributed by atoms with Gasteiger partial charge in [-0.1, -0.05) is 41.9 Å². The molecular formula is C23H20ClN3O2. The Labute approximate surface area is 173 Å². The minimum Gasteiger partial charge on any atom is -0.508 e. The first-order valence-electron chi connectivity index (χ1n) is 9.36. The lowest BCUT2D eigenvalue weighted by molar-refractivity contribution is -0.120. The van der Waals surface area contributed by atoms with Crippen molar-refractivity contribution in [2.45, 2.75) is 12.8 Å². The van der Waals surface area contributed by atoms with Crippen molar-refractivity contribution in [1.29, 1.82) is 0 Å². The van der Waals surface area contributed by atoms with Crippen LogP contribution in [0.4, 0.5) is 0 Å². The number of phenols is 1. The molecule has 0 aliphatic carbocycles. The number of nitrogens with zero attached hydrogens (tertiary/aromatic N) is 2. The first kappa shape index (κ1) is 19.0. The Morgan fingerprint density at radius 1 is 1.03 bits per heavy atom. The maximum Gasteiger partial charge on any atom is 0.226 e. The van der Waals surface area contributed by atoms with E-state index in [4.69, 9.17) is 16.6 Å². The average Bonchev–Trinajstić information content (AvgIpc) is 3.08. The van der Waals surface area contributed by atoms with Crippen molar-refractivity contribution in [3.63, 3.8) is 0 Å². The first-order valence-corrected chi connectivity index (χ1v) is 9.74. The molecule has 0 saturated carbocycles. The number of aromatic hydroxyl groups is 1. The van der Waals surface area contributed by atoms with Crippen molar-refractivity contribution < 1.29 is 9.90 Å². The van der Waals surface area contributed by atoms with Crippen molar-refractivity contribution in [2.24, 2.45) is 0 Å². The molecule has 0 atom stereocenters. The number of hydrogen-bond donors (Lipinski definition) is 2. The largest absolute Gasteiger partial charge is 0.508 e. The van der Waals surface area contributed by atoms with E-state index in [1.165, 1.54) is 0 Å². The standard InChI is InChI=1S/C23H20ClN3O2/c24-18-8-6-17(7-9-18)23-20(27-14-2-1-3-21(27)26-23)15-22(29)25-13-12-16-4-10-19(28)11-5-16/h1-11,14,28H,12-13,15H2,(H,25,29).